The highest BCUT2D eigenvalue weighted by atomic mass is 16.6. The number of carbonyl (C=O) groups excluding carboxylic acids is 3. The molecule has 5 aliphatic rings. The lowest BCUT2D eigenvalue weighted by Gasteiger charge is -2.70. The molecule has 1 heterocycles. The number of aliphatic hydroxyl groups is 1. The number of ether oxygens (including phenoxy) is 2. The van der Waals surface area contributed by atoms with Gasteiger partial charge in [-0.3, -0.25) is 14.4 Å². The van der Waals surface area contributed by atoms with Crippen molar-refractivity contribution >= 4 is 17.7 Å². The van der Waals surface area contributed by atoms with Crippen LogP contribution in [0.25, 0.3) is 0 Å². The van der Waals surface area contributed by atoms with Gasteiger partial charge in [-0.15, -0.1) is 0 Å². The Morgan fingerprint density at radius 3 is 2.05 bits per heavy atom. The molecule has 0 amide bonds. The van der Waals surface area contributed by atoms with E-state index in [9.17, 15) is 19.5 Å². The van der Waals surface area contributed by atoms with E-state index in [0.29, 0.717) is 37.9 Å². The molecule has 9 heteroatoms. The Morgan fingerprint density at radius 1 is 0.797 bits per heavy atom. The third kappa shape index (κ3) is 6.34. The molecule has 8 rings (SSSR count). The zero-order valence-electron chi connectivity index (χ0n) is 36.1. The maximum Gasteiger partial charge on any atom is 0.519 e. The lowest BCUT2D eigenvalue weighted by Crippen LogP contribution is -2.68. The van der Waals surface area contributed by atoms with E-state index in [0.717, 1.165) is 36.8 Å². The summed E-state index contributed by atoms with van der Waals surface area (Å²) in [5, 5.41) is 11.7. The van der Waals surface area contributed by atoms with Gasteiger partial charge in [0.1, 0.15) is 0 Å². The molecular weight excluding hydrogens is 745 g/mol. The Labute approximate surface area is 348 Å². The first-order chi connectivity index (χ1) is 27.8. The van der Waals surface area contributed by atoms with Gasteiger partial charge in [0.25, 0.3) is 0 Å². The molecule has 4 fully saturated rings. The SMILES string of the molecule is CC(C)c1oc(=O)oc1COC(=O)[C@@]1(C)[C@@H]2CC[C@@]3(C)[C@H](C(=O)C=C4[C@@H]5C[C@@](C)(C(=O)OC(c6ccccc6)c6ccccc6)CC[C@]5(C)CC[C@]43C)[C@@]2(C)CC[C@@H]1O. The average molecular weight is 807 g/mol. The molecule has 0 aliphatic heterocycles. The van der Waals surface area contributed by atoms with E-state index in [4.69, 9.17) is 18.3 Å². The van der Waals surface area contributed by atoms with Gasteiger partial charge < -0.3 is 23.4 Å². The van der Waals surface area contributed by atoms with Gasteiger partial charge in [-0.25, -0.2) is 4.79 Å². The molecule has 5 aliphatic carbocycles. The molecule has 0 spiro atoms. The molecule has 0 unspecified atom stereocenters. The summed E-state index contributed by atoms with van der Waals surface area (Å²) in [6.45, 7) is 16.5. The molecule has 316 valence electrons. The number of aliphatic hydroxyl groups excluding tert-OH is 1. The van der Waals surface area contributed by atoms with Gasteiger partial charge in [-0.2, -0.15) is 0 Å². The maximum absolute atomic E-state index is 15.1. The van der Waals surface area contributed by atoms with Crippen LogP contribution in [0.2, 0.25) is 0 Å². The van der Waals surface area contributed by atoms with Crippen molar-refractivity contribution < 1.29 is 37.8 Å². The number of fused-ring (bicyclic) bond motifs is 7. The van der Waals surface area contributed by atoms with Gasteiger partial charge in [-0.1, -0.05) is 108 Å². The molecule has 9 nitrogen and oxygen atoms in total. The minimum absolute atomic E-state index is 0.0267. The highest BCUT2D eigenvalue weighted by Crippen LogP contribution is 2.75. The number of carbonyl (C=O) groups is 3. The van der Waals surface area contributed by atoms with Crippen LogP contribution in [0.4, 0.5) is 0 Å². The van der Waals surface area contributed by atoms with Crippen molar-refractivity contribution in [2.45, 2.75) is 138 Å². The van der Waals surface area contributed by atoms with Crippen LogP contribution in [0.1, 0.15) is 148 Å². The Hall–Kier alpha value is -4.24. The highest BCUT2D eigenvalue weighted by molar-refractivity contribution is 5.96. The number of ketones is 1. The van der Waals surface area contributed by atoms with E-state index in [-0.39, 0.29) is 58.6 Å². The molecule has 1 aromatic heterocycles. The van der Waals surface area contributed by atoms with Crippen molar-refractivity contribution in [1.82, 2.24) is 0 Å². The van der Waals surface area contributed by atoms with Crippen LogP contribution in [0.3, 0.4) is 0 Å². The Bertz CT molecular complexity index is 2160. The Morgan fingerprint density at radius 2 is 1.42 bits per heavy atom. The molecular formula is C50H62O9. The van der Waals surface area contributed by atoms with Crippen molar-refractivity contribution in [3.63, 3.8) is 0 Å². The van der Waals surface area contributed by atoms with Crippen LogP contribution in [-0.4, -0.2) is 28.9 Å². The topological polar surface area (TPSA) is 133 Å². The van der Waals surface area contributed by atoms with Crippen LogP contribution in [0.15, 0.2) is 85.9 Å². The number of allylic oxidation sites excluding steroid dienone is 2. The fourth-order valence-corrected chi connectivity index (χ4v) is 13.3. The van der Waals surface area contributed by atoms with Crippen LogP contribution < -0.4 is 5.82 Å². The first-order valence-electron chi connectivity index (χ1n) is 21.9. The predicted octanol–water partition coefficient (Wildman–Crippen LogP) is 10.1. The molecule has 59 heavy (non-hydrogen) atoms. The first kappa shape index (κ1) is 41.5. The summed E-state index contributed by atoms with van der Waals surface area (Å²) in [6, 6.07) is 19.8. The van der Waals surface area contributed by atoms with E-state index in [1.165, 1.54) is 5.57 Å². The lowest BCUT2D eigenvalue weighted by molar-refractivity contribution is -0.218. The maximum atomic E-state index is 15.1. The molecule has 3 aromatic rings. The van der Waals surface area contributed by atoms with Gasteiger partial charge in [0.15, 0.2) is 30.0 Å². The van der Waals surface area contributed by atoms with Crippen LogP contribution in [0, 0.1) is 50.2 Å². The van der Waals surface area contributed by atoms with Crippen LogP contribution >= 0.6 is 0 Å². The first-order valence-corrected chi connectivity index (χ1v) is 21.9. The van der Waals surface area contributed by atoms with E-state index < -0.39 is 45.7 Å². The zero-order chi connectivity index (χ0) is 42.3. The smallest absolute Gasteiger partial charge is 0.457 e. The highest BCUT2D eigenvalue weighted by Gasteiger charge is 2.72. The third-order valence-corrected chi connectivity index (χ3v) is 17.1. The fraction of sp³-hybridized carbons (Fsp3) is 0.600. The number of hydrogen-bond donors (Lipinski definition) is 1. The predicted molar refractivity (Wildman–Crippen MR) is 222 cm³/mol. The number of rotatable bonds is 8. The van der Waals surface area contributed by atoms with Crippen LogP contribution in [-0.2, 0) is 30.5 Å². The molecule has 0 saturated heterocycles. The summed E-state index contributed by atoms with van der Waals surface area (Å²) in [7, 11) is 0. The van der Waals surface area contributed by atoms with E-state index in [2.05, 4.69) is 34.6 Å². The van der Waals surface area contributed by atoms with Gasteiger partial charge in [0.2, 0.25) is 0 Å². The molecule has 4 saturated carbocycles. The standard InChI is InChI=1S/C50H62O9/c1-30(2)39-36(57-44(55)59-39)29-56-43(54)50(8)37-19-22-49(7)41(47(37,5)21-20-38(50)52)35(51)27-33-34-28-46(4,24-23-45(34,3)25-26-48(33,49)6)42(53)58-40(31-15-11-9-12-16-31)32-17-13-10-14-18-32/h9-18,27,30,34,37-38,40-41,52H,19-26,28-29H2,1-8H3/t34-,37+,38-,41+,45+,46-,47-,48+,49-,50-/m0/s1. The third-order valence-electron chi connectivity index (χ3n) is 17.1. The minimum atomic E-state index is -1.28. The Balaban J connectivity index is 1.09. The number of hydrogen-bond acceptors (Lipinski definition) is 9. The van der Waals surface area contributed by atoms with Gasteiger partial charge in [0, 0.05) is 11.8 Å². The quantitative estimate of drug-likeness (QED) is 0.221. The van der Waals surface area contributed by atoms with Crippen molar-refractivity contribution in [3.05, 3.63) is 106 Å². The van der Waals surface area contributed by atoms with Gasteiger partial charge in [0.05, 0.1) is 16.9 Å². The second kappa shape index (κ2) is 14.5. The van der Waals surface area contributed by atoms with Crippen LogP contribution in [0.5, 0.6) is 0 Å². The van der Waals surface area contributed by atoms with Gasteiger partial charge >= 0.3 is 17.8 Å². The minimum Gasteiger partial charge on any atom is -0.457 e. The summed E-state index contributed by atoms with van der Waals surface area (Å²) in [5.74, 6) is -1.83. The number of esters is 2. The fourth-order valence-electron chi connectivity index (χ4n) is 13.3. The molecule has 0 bridgehead atoms. The van der Waals surface area contributed by atoms with Crippen molar-refractivity contribution in [2.24, 2.45) is 50.2 Å². The van der Waals surface area contributed by atoms with E-state index in [1.54, 1.807) is 6.92 Å². The zero-order valence-corrected chi connectivity index (χ0v) is 36.1. The molecule has 0 radical (unpaired) electrons. The molecule has 1 N–H and O–H groups in total. The number of benzene rings is 2. The van der Waals surface area contributed by atoms with Crippen molar-refractivity contribution in [2.75, 3.05) is 0 Å². The monoisotopic (exact) mass is 806 g/mol. The molecule has 2 aromatic carbocycles. The normalized spacial score (nSPS) is 37.7. The van der Waals surface area contributed by atoms with E-state index >= 15 is 4.79 Å². The van der Waals surface area contributed by atoms with Gasteiger partial charge in [-0.05, 0) is 122 Å². The Kier molecular flexibility index (Phi) is 10.2. The lowest BCUT2D eigenvalue weighted by atomic mass is 9.33. The molecule has 10 atom stereocenters. The van der Waals surface area contributed by atoms with E-state index in [1.807, 2.05) is 80.6 Å². The summed E-state index contributed by atoms with van der Waals surface area (Å²) in [4.78, 5) is 55.9. The summed E-state index contributed by atoms with van der Waals surface area (Å²) < 4.78 is 22.9. The van der Waals surface area contributed by atoms with Crippen molar-refractivity contribution in [3.8, 4) is 0 Å². The summed E-state index contributed by atoms with van der Waals surface area (Å²) >= 11 is 0. The average Bonchev–Trinajstić information content (AvgIpc) is 3.60. The largest absolute Gasteiger partial charge is 0.519 e. The summed E-state index contributed by atoms with van der Waals surface area (Å²) in [6.07, 6.45) is 6.92. The summed E-state index contributed by atoms with van der Waals surface area (Å²) in [5.41, 5.74) is -0.381. The second-order valence-corrected chi connectivity index (χ2v) is 20.7. The second-order valence-electron chi connectivity index (χ2n) is 20.7. The van der Waals surface area contributed by atoms with Crippen molar-refractivity contribution in [1.29, 1.82) is 0 Å².